The molecule has 0 radical (unpaired) electrons. The van der Waals surface area contributed by atoms with Gasteiger partial charge in [0.1, 0.15) is 0 Å². The molecule has 2 rings (SSSR count). The van der Waals surface area contributed by atoms with Crippen LogP contribution in [0.25, 0.3) is 0 Å². The van der Waals surface area contributed by atoms with E-state index >= 15 is 0 Å². The summed E-state index contributed by atoms with van der Waals surface area (Å²) < 4.78 is 0. The lowest BCUT2D eigenvalue weighted by Crippen LogP contribution is -2.22. The Morgan fingerprint density at radius 3 is 2.62 bits per heavy atom. The van der Waals surface area contributed by atoms with Crippen molar-refractivity contribution in [1.82, 2.24) is 5.32 Å². The Bertz CT molecular complexity index is 671. The first-order valence-electron chi connectivity index (χ1n) is 6.72. The van der Waals surface area contributed by atoms with E-state index in [9.17, 15) is 4.79 Å². The lowest BCUT2D eigenvalue weighted by atomic mass is 10.1. The number of benzene rings is 2. The van der Waals surface area contributed by atoms with E-state index < -0.39 is 0 Å². The number of nitrogen functional groups attached to an aromatic ring is 1. The summed E-state index contributed by atoms with van der Waals surface area (Å²) in [6, 6.07) is 10.8. The minimum Gasteiger partial charge on any atom is -0.397 e. The van der Waals surface area contributed by atoms with Gasteiger partial charge in [-0.25, -0.2) is 0 Å². The normalized spacial score (nSPS) is 10.2. The number of nitrogens with one attached hydrogen (secondary N) is 2. The third kappa shape index (κ3) is 3.67. The molecule has 21 heavy (non-hydrogen) atoms. The van der Waals surface area contributed by atoms with Crippen LogP contribution in [0.15, 0.2) is 36.4 Å². The highest BCUT2D eigenvalue weighted by atomic mass is 35.5. The van der Waals surface area contributed by atoms with Gasteiger partial charge in [0.15, 0.2) is 0 Å². The highest BCUT2D eigenvalue weighted by Gasteiger charge is 2.09. The van der Waals surface area contributed by atoms with Crippen molar-refractivity contribution in [3.8, 4) is 0 Å². The number of nitrogens with two attached hydrogens (primary N) is 1. The molecule has 0 saturated carbocycles. The first-order chi connectivity index (χ1) is 10.0. The second kappa shape index (κ2) is 6.50. The molecule has 4 N–H and O–H groups in total. The number of amides is 1. The van der Waals surface area contributed by atoms with Crippen molar-refractivity contribution in [3.63, 3.8) is 0 Å². The Balaban J connectivity index is 2.30. The maximum atomic E-state index is 11.9. The minimum atomic E-state index is -0.129. The minimum absolute atomic E-state index is 0.129. The van der Waals surface area contributed by atoms with Gasteiger partial charge in [-0.1, -0.05) is 17.7 Å². The smallest absolute Gasteiger partial charge is 0.251 e. The number of hydrogen-bond acceptors (Lipinski definition) is 3. The molecule has 110 valence electrons. The monoisotopic (exact) mass is 303 g/mol. The summed E-state index contributed by atoms with van der Waals surface area (Å²) in [6.07, 6.45) is 0. The summed E-state index contributed by atoms with van der Waals surface area (Å²) in [4.78, 5) is 11.9. The van der Waals surface area contributed by atoms with E-state index in [-0.39, 0.29) is 5.91 Å². The van der Waals surface area contributed by atoms with Crippen molar-refractivity contribution in [1.29, 1.82) is 0 Å². The van der Waals surface area contributed by atoms with Crippen molar-refractivity contribution >= 4 is 34.6 Å². The van der Waals surface area contributed by atoms with Gasteiger partial charge in [-0.2, -0.15) is 0 Å². The molecule has 0 aliphatic carbocycles. The molecule has 0 bridgehead atoms. The lowest BCUT2D eigenvalue weighted by Gasteiger charge is -2.13. The van der Waals surface area contributed by atoms with E-state index in [0.29, 0.717) is 28.5 Å². The summed E-state index contributed by atoms with van der Waals surface area (Å²) >= 11 is 6.20. The van der Waals surface area contributed by atoms with Crippen LogP contribution in [0.1, 0.15) is 22.8 Å². The maximum absolute atomic E-state index is 11.9. The van der Waals surface area contributed by atoms with Gasteiger partial charge in [0.25, 0.3) is 5.91 Å². The molecule has 5 heteroatoms. The fourth-order valence-electron chi connectivity index (χ4n) is 1.93. The summed E-state index contributed by atoms with van der Waals surface area (Å²) in [6.45, 7) is 4.43. The Labute approximate surface area is 129 Å². The van der Waals surface area contributed by atoms with Crippen molar-refractivity contribution in [2.75, 3.05) is 17.6 Å². The van der Waals surface area contributed by atoms with Crippen molar-refractivity contribution in [2.45, 2.75) is 13.8 Å². The number of hydrogen-bond donors (Lipinski definition) is 3. The van der Waals surface area contributed by atoms with E-state index in [0.717, 1.165) is 11.3 Å². The molecule has 0 spiro atoms. The molecule has 0 aliphatic heterocycles. The van der Waals surface area contributed by atoms with Gasteiger partial charge < -0.3 is 16.4 Å². The Hall–Kier alpha value is -2.20. The molecule has 0 heterocycles. The topological polar surface area (TPSA) is 67.2 Å². The van der Waals surface area contributed by atoms with Gasteiger partial charge in [-0.3, -0.25) is 4.79 Å². The highest BCUT2D eigenvalue weighted by molar-refractivity contribution is 6.33. The van der Waals surface area contributed by atoms with Crippen molar-refractivity contribution < 1.29 is 4.79 Å². The molecule has 0 saturated heterocycles. The predicted octanol–water partition coefficient (Wildman–Crippen LogP) is 3.72. The average Bonchev–Trinajstić information content (AvgIpc) is 2.44. The number of carbonyl (C=O) groups is 1. The molecule has 1 amide bonds. The fourth-order valence-corrected chi connectivity index (χ4v) is 2.22. The Morgan fingerprint density at radius 2 is 1.95 bits per heavy atom. The predicted molar refractivity (Wildman–Crippen MR) is 88.3 cm³/mol. The first kappa shape index (κ1) is 15.2. The number of rotatable bonds is 4. The number of aryl methyl sites for hydroxylation is 1. The molecule has 0 unspecified atom stereocenters. The van der Waals surface area contributed by atoms with E-state index in [1.165, 1.54) is 0 Å². The van der Waals surface area contributed by atoms with Gasteiger partial charge in [0.05, 0.1) is 22.1 Å². The maximum Gasteiger partial charge on any atom is 0.251 e. The van der Waals surface area contributed by atoms with Crippen LogP contribution < -0.4 is 16.4 Å². The van der Waals surface area contributed by atoms with Gasteiger partial charge >= 0.3 is 0 Å². The van der Waals surface area contributed by atoms with Crippen LogP contribution in [0.4, 0.5) is 17.1 Å². The van der Waals surface area contributed by atoms with Crippen LogP contribution in [0, 0.1) is 6.92 Å². The molecule has 0 atom stereocenters. The fraction of sp³-hybridized carbons (Fsp3) is 0.188. The molecule has 2 aromatic carbocycles. The summed E-state index contributed by atoms with van der Waals surface area (Å²) in [5, 5.41) is 6.53. The molecular weight excluding hydrogens is 286 g/mol. The van der Waals surface area contributed by atoms with Crippen molar-refractivity contribution in [3.05, 3.63) is 52.5 Å². The van der Waals surface area contributed by atoms with E-state index in [1.807, 2.05) is 32.0 Å². The molecular formula is C16H18ClN3O. The van der Waals surface area contributed by atoms with Crippen molar-refractivity contribution in [2.24, 2.45) is 0 Å². The third-order valence-electron chi connectivity index (χ3n) is 3.05. The van der Waals surface area contributed by atoms with Gasteiger partial charge in [-0.05, 0) is 49.7 Å². The van der Waals surface area contributed by atoms with Crippen LogP contribution in [0.5, 0.6) is 0 Å². The van der Waals surface area contributed by atoms with E-state index in [1.54, 1.807) is 18.2 Å². The van der Waals surface area contributed by atoms with Gasteiger partial charge in [0, 0.05) is 12.1 Å². The zero-order chi connectivity index (χ0) is 15.4. The first-order valence-corrected chi connectivity index (χ1v) is 7.10. The van der Waals surface area contributed by atoms with Crippen LogP contribution in [0.2, 0.25) is 5.02 Å². The second-order valence-electron chi connectivity index (χ2n) is 4.77. The third-order valence-corrected chi connectivity index (χ3v) is 3.36. The van der Waals surface area contributed by atoms with Crippen LogP contribution in [-0.2, 0) is 0 Å². The molecule has 2 aromatic rings. The van der Waals surface area contributed by atoms with Crippen LogP contribution in [-0.4, -0.2) is 12.5 Å². The van der Waals surface area contributed by atoms with Crippen LogP contribution in [0.3, 0.4) is 0 Å². The Kier molecular flexibility index (Phi) is 4.70. The summed E-state index contributed by atoms with van der Waals surface area (Å²) in [5.74, 6) is -0.129. The highest BCUT2D eigenvalue weighted by Crippen LogP contribution is 2.29. The molecule has 0 aromatic heterocycles. The average molecular weight is 304 g/mol. The number of anilines is 3. The molecule has 4 nitrogen and oxygen atoms in total. The summed E-state index contributed by atoms with van der Waals surface area (Å²) in [5.41, 5.74) is 9.55. The zero-order valence-electron chi connectivity index (χ0n) is 12.0. The van der Waals surface area contributed by atoms with Gasteiger partial charge in [-0.15, -0.1) is 0 Å². The quantitative estimate of drug-likeness (QED) is 0.754. The standard InChI is InChI=1S/C16H18ClN3O/c1-3-19-16(21)11-5-6-13(18)15(9-11)20-14-7-4-10(2)8-12(14)17/h4-9,20H,3,18H2,1-2H3,(H,19,21). The SMILES string of the molecule is CCNC(=O)c1ccc(N)c(Nc2ccc(C)cc2Cl)c1. The van der Waals surface area contributed by atoms with Gasteiger partial charge in [0.2, 0.25) is 0 Å². The zero-order valence-corrected chi connectivity index (χ0v) is 12.8. The van der Waals surface area contributed by atoms with E-state index in [2.05, 4.69) is 10.6 Å². The molecule has 0 aliphatic rings. The number of halogens is 1. The largest absolute Gasteiger partial charge is 0.397 e. The summed E-state index contributed by atoms with van der Waals surface area (Å²) in [7, 11) is 0. The number of carbonyl (C=O) groups excluding carboxylic acids is 1. The second-order valence-corrected chi connectivity index (χ2v) is 5.18. The van der Waals surface area contributed by atoms with Crippen LogP contribution >= 0.6 is 11.6 Å². The Morgan fingerprint density at radius 1 is 1.19 bits per heavy atom. The molecule has 0 fully saturated rings. The lowest BCUT2D eigenvalue weighted by molar-refractivity contribution is 0.0956. The van der Waals surface area contributed by atoms with E-state index in [4.69, 9.17) is 17.3 Å².